The van der Waals surface area contributed by atoms with Gasteiger partial charge < -0.3 is 24.1 Å². The number of esters is 1. The van der Waals surface area contributed by atoms with Crippen LogP contribution in [-0.4, -0.2) is 30.4 Å². The summed E-state index contributed by atoms with van der Waals surface area (Å²) >= 11 is 0. The molecule has 1 N–H and O–H groups in total. The van der Waals surface area contributed by atoms with Gasteiger partial charge in [0.2, 0.25) is 6.79 Å². The Bertz CT molecular complexity index is 1080. The number of ether oxygens (including phenoxy) is 3. The lowest BCUT2D eigenvalue weighted by Crippen LogP contribution is -2.31. The molecule has 0 radical (unpaired) electrons. The number of nitrogens with one attached hydrogen (secondary N) is 1. The van der Waals surface area contributed by atoms with Gasteiger partial charge in [-0.3, -0.25) is 4.79 Å². The van der Waals surface area contributed by atoms with Crippen molar-refractivity contribution in [3.63, 3.8) is 0 Å². The molecule has 154 valence electrons. The van der Waals surface area contributed by atoms with E-state index in [9.17, 15) is 9.59 Å². The number of rotatable bonds is 6. The van der Waals surface area contributed by atoms with Gasteiger partial charge >= 0.3 is 5.97 Å². The summed E-state index contributed by atoms with van der Waals surface area (Å²) in [6, 6.07) is 14.3. The van der Waals surface area contributed by atoms with Crippen LogP contribution in [0, 0.1) is 6.92 Å². The molecule has 0 aliphatic carbocycles. The maximum Gasteiger partial charge on any atom is 0.344 e. The Labute approximate surface area is 172 Å². The minimum Gasteiger partial charge on any atom is -0.454 e. The van der Waals surface area contributed by atoms with Crippen LogP contribution in [0.25, 0.3) is 11.3 Å². The Morgan fingerprint density at radius 2 is 1.90 bits per heavy atom. The number of carbonyl (C=O) groups is 2. The molecular weight excluding hydrogens is 388 g/mol. The van der Waals surface area contributed by atoms with Crippen molar-refractivity contribution in [3.8, 4) is 22.8 Å². The number of hydrogen-bond donors (Lipinski definition) is 1. The van der Waals surface area contributed by atoms with Crippen molar-refractivity contribution in [1.82, 2.24) is 10.5 Å². The highest BCUT2D eigenvalue weighted by Gasteiger charge is 2.24. The molecule has 1 unspecified atom stereocenters. The third-order valence-corrected chi connectivity index (χ3v) is 4.72. The van der Waals surface area contributed by atoms with E-state index in [-0.39, 0.29) is 18.4 Å². The normalized spacial score (nSPS) is 13.0. The van der Waals surface area contributed by atoms with E-state index in [0.717, 1.165) is 11.1 Å². The van der Waals surface area contributed by atoms with Crippen LogP contribution < -0.4 is 14.8 Å². The van der Waals surface area contributed by atoms with Gasteiger partial charge in [-0.25, -0.2) is 4.79 Å². The van der Waals surface area contributed by atoms with Crippen molar-refractivity contribution >= 4 is 11.9 Å². The summed E-state index contributed by atoms with van der Waals surface area (Å²) in [5, 5.41) is 6.75. The maximum atomic E-state index is 12.6. The van der Waals surface area contributed by atoms with Crippen molar-refractivity contribution in [1.29, 1.82) is 0 Å². The number of amides is 1. The molecule has 2 aromatic carbocycles. The summed E-state index contributed by atoms with van der Waals surface area (Å²) in [6.45, 7) is 3.21. The lowest BCUT2D eigenvalue weighted by molar-refractivity contribution is -0.124. The van der Waals surface area contributed by atoms with E-state index >= 15 is 0 Å². The summed E-state index contributed by atoms with van der Waals surface area (Å²) in [7, 11) is 0. The van der Waals surface area contributed by atoms with Crippen molar-refractivity contribution < 1.29 is 28.3 Å². The maximum absolute atomic E-state index is 12.6. The Morgan fingerprint density at radius 1 is 1.13 bits per heavy atom. The molecule has 1 aromatic heterocycles. The average Bonchev–Trinajstić information content (AvgIpc) is 3.38. The van der Waals surface area contributed by atoms with Crippen LogP contribution >= 0.6 is 0 Å². The van der Waals surface area contributed by atoms with Gasteiger partial charge in [0.15, 0.2) is 18.1 Å². The molecule has 0 saturated heterocycles. The van der Waals surface area contributed by atoms with Gasteiger partial charge in [0.05, 0.1) is 6.04 Å². The number of carbonyl (C=O) groups excluding carboxylic acids is 2. The third-order valence-electron chi connectivity index (χ3n) is 4.72. The van der Waals surface area contributed by atoms with Crippen LogP contribution in [-0.2, 0) is 9.53 Å². The number of hydrogen-bond acceptors (Lipinski definition) is 7. The molecule has 2 heterocycles. The molecule has 1 aliphatic heterocycles. The van der Waals surface area contributed by atoms with E-state index in [1.165, 1.54) is 0 Å². The lowest BCUT2D eigenvalue weighted by Gasteiger charge is -2.15. The molecule has 8 nitrogen and oxygen atoms in total. The molecule has 0 bridgehead atoms. The smallest absolute Gasteiger partial charge is 0.344 e. The SMILES string of the molecule is Cc1onc(-c2ccccc2)c1C(=O)OCC(=O)NC(C)c1ccc2c(c1)OCO2. The fourth-order valence-corrected chi connectivity index (χ4v) is 3.16. The van der Waals surface area contributed by atoms with Crippen LogP contribution in [0.3, 0.4) is 0 Å². The van der Waals surface area contributed by atoms with Gasteiger partial charge in [-0.2, -0.15) is 0 Å². The molecule has 0 fully saturated rings. The zero-order valence-corrected chi connectivity index (χ0v) is 16.5. The largest absolute Gasteiger partial charge is 0.454 e. The first-order chi connectivity index (χ1) is 14.5. The van der Waals surface area contributed by atoms with Crippen LogP contribution in [0.2, 0.25) is 0 Å². The van der Waals surface area contributed by atoms with Gasteiger partial charge in [0.1, 0.15) is 17.0 Å². The van der Waals surface area contributed by atoms with E-state index in [4.69, 9.17) is 18.7 Å². The van der Waals surface area contributed by atoms with E-state index in [0.29, 0.717) is 23.0 Å². The van der Waals surface area contributed by atoms with Crippen LogP contribution in [0.5, 0.6) is 11.5 Å². The van der Waals surface area contributed by atoms with Crippen LogP contribution in [0.15, 0.2) is 53.1 Å². The predicted molar refractivity (Wildman–Crippen MR) is 106 cm³/mol. The van der Waals surface area contributed by atoms with Gasteiger partial charge in [-0.1, -0.05) is 41.6 Å². The number of nitrogens with zero attached hydrogens (tertiary/aromatic N) is 1. The molecule has 4 rings (SSSR count). The van der Waals surface area contributed by atoms with Crippen molar-refractivity contribution in [3.05, 3.63) is 65.4 Å². The van der Waals surface area contributed by atoms with Gasteiger partial charge in [0.25, 0.3) is 5.91 Å². The van der Waals surface area contributed by atoms with Crippen molar-refractivity contribution in [2.75, 3.05) is 13.4 Å². The number of benzene rings is 2. The number of aryl methyl sites for hydroxylation is 1. The molecule has 1 atom stereocenters. The summed E-state index contributed by atoms with van der Waals surface area (Å²) in [4.78, 5) is 24.9. The first-order valence-corrected chi connectivity index (χ1v) is 9.40. The topological polar surface area (TPSA) is 99.9 Å². The highest BCUT2D eigenvalue weighted by Crippen LogP contribution is 2.34. The first kappa shape index (κ1) is 19.5. The van der Waals surface area contributed by atoms with E-state index < -0.39 is 18.5 Å². The Morgan fingerprint density at radius 3 is 2.70 bits per heavy atom. The molecule has 3 aromatic rings. The summed E-state index contributed by atoms with van der Waals surface area (Å²) in [6.07, 6.45) is 0. The Hall–Kier alpha value is -3.81. The minimum absolute atomic E-state index is 0.183. The number of fused-ring (bicyclic) bond motifs is 1. The molecule has 0 saturated carbocycles. The van der Waals surface area contributed by atoms with E-state index in [2.05, 4.69) is 10.5 Å². The van der Waals surface area contributed by atoms with Crippen LogP contribution in [0.1, 0.15) is 34.6 Å². The summed E-state index contributed by atoms with van der Waals surface area (Å²) < 4.78 is 21.0. The fourth-order valence-electron chi connectivity index (χ4n) is 3.16. The van der Waals surface area contributed by atoms with E-state index in [1.54, 1.807) is 13.0 Å². The van der Waals surface area contributed by atoms with Crippen molar-refractivity contribution in [2.24, 2.45) is 0 Å². The monoisotopic (exact) mass is 408 g/mol. The van der Waals surface area contributed by atoms with Gasteiger partial charge in [-0.15, -0.1) is 0 Å². The standard InChI is InChI=1S/C22H20N2O6/c1-13(16-8-9-17-18(10-16)29-12-28-17)23-19(25)11-27-22(26)20-14(2)30-24-21(20)15-6-4-3-5-7-15/h3-10,13H,11-12H2,1-2H3,(H,23,25). The predicted octanol–water partition coefficient (Wildman–Crippen LogP) is 3.41. The molecule has 8 heteroatoms. The Balaban J connectivity index is 1.37. The summed E-state index contributed by atoms with van der Waals surface area (Å²) in [5.74, 6) is 0.538. The van der Waals surface area contributed by atoms with Gasteiger partial charge in [0, 0.05) is 5.56 Å². The zero-order chi connectivity index (χ0) is 21.1. The van der Waals surface area contributed by atoms with Crippen molar-refractivity contribution in [2.45, 2.75) is 19.9 Å². The molecular formula is C22H20N2O6. The quantitative estimate of drug-likeness (QED) is 0.624. The highest BCUT2D eigenvalue weighted by atomic mass is 16.7. The molecule has 1 aliphatic rings. The van der Waals surface area contributed by atoms with E-state index in [1.807, 2.05) is 49.4 Å². The summed E-state index contributed by atoms with van der Waals surface area (Å²) in [5.41, 5.74) is 2.16. The van der Waals surface area contributed by atoms with Crippen LogP contribution in [0.4, 0.5) is 0 Å². The second-order valence-corrected chi connectivity index (χ2v) is 6.81. The molecule has 1 amide bonds. The Kier molecular flexibility index (Phi) is 5.38. The second-order valence-electron chi connectivity index (χ2n) is 6.81. The lowest BCUT2D eigenvalue weighted by atomic mass is 10.1. The third kappa shape index (κ3) is 3.98. The molecule has 30 heavy (non-hydrogen) atoms. The average molecular weight is 408 g/mol. The number of aromatic nitrogens is 1. The minimum atomic E-state index is -0.668. The zero-order valence-electron chi connectivity index (χ0n) is 16.5. The molecule has 0 spiro atoms. The first-order valence-electron chi connectivity index (χ1n) is 9.40. The van der Waals surface area contributed by atoms with Gasteiger partial charge in [-0.05, 0) is 31.5 Å². The second kappa shape index (κ2) is 8.28. The fraction of sp³-hybridized carbons (Fsp3) is 0.227. The highest BCUT2D eigenvalue weighted by molar-refractivity contribution is 5.98.